The fourth-order valence-corrected chi connectivity index (χ4v) is 5.44. The number of aryl methyl sites for hydroxylation is 1. The van der Waals surface area contributed by atoms with E-state index in [0.29, 0.717) is 13.2 Å². The number of morpholine rings is 1. The molecule has 1 amide bonds. The highest BCUT2D eigenvalue weighted by Gasteiger charge is 2.34. The Morgan fingerprint density at radius 1 is 1.09 bits per heavy atom. The van der Waals surface area contributed by atoms with Crippen LogP contribution in [0.15, 0.2) is 53.7 Å². The maximum atomic E-state index is 13.5. The van der Waals surface area contributed by atoms with Crippen molar-refractivity contribution in [2.24, 2.45) is 0 Å². The van der Waals surface area contributed by atoms with Crippen molar-refractivity contribution in [2.75, 3.05) is 36.1 Å². The zero-order valence-corrected chi connectivity index (χ0v) is 20.1. The number of para-hydroxylation sites is 1. The SMILES string of the molecule is Cc1ccc(-n2c(S[C@@H](C)C(=O)N3c4ccccc4C[C@@H]3C)nnc2N2CCOCC2)cc1. The van der Waals surface area contributed by atoms with Crippen LogP contribution in [0.1, 0.15) is 25.0 Å². The minimum absolute atomic E-state index is 0.101. The summed E-state index contributed by atoms with van der Waals surface area (Å²) in [5.41, 5.74) is 4.44. The molecule has 1 fully saturated rings. The van der Waals surface area contributed by atoms with Crippen molar-refractivity contribution in [3.63, 3.8) is 0 Å². The standard InChI is InChI=1S/C25H29N5O2S/c1-17-8-10-21(11-9-17)30-24(28-12-14-32-15-13-28)26-27-25(30)33-19(3)23(31)29-18(2)16-20-6-4-5-7-22(20)29/h4-11,18-19H,12-16H2,1-3H3/t18-,19-/m0/s1. The number of carbonyl (C=O) groups excluding carboxylic acids is 1. The number of anilines is 2. The molecule has 8 heteroatoms. The Morgan fingerprint density at radius 3 is 2.58 bits per heavy atom. The second-order valence-electron chi connectivity index (χ2n) is 8.70. The Morgan fingerprint density at radius 2 is 1.82 bits per heavy atom. The average molecular weight is 464 g/mol. The van der Waals surface area contributed by atoms with Gasteiger partial charge in [-0.3, -0.25) is 9.36 Å². The number of carbonyl (C=O) groups is 1. The minimum Gasteiger partial charge on any atom is -0.378 e. The third-order valence-electron chi connectivity index (χ3n) is 6.28. The Hall–Kier alpha value is -2.84. The smallest absolute Gasteiger partial charge is 0.240 e. The molecule has 0 radical (unpaired) electrons. The number of amides is 1. The van der Waals surface area contributed by atoms with Crippen LogP contribution in [0.2, 0.25) is 0 Å². The normalized spacial score (nSPS) is 18.9. The van der Waals surface area contributed by atoms with Crippen molar-refractivity contribution < 1.29 is 9.53 Å². The van der Waals surface area contributed by atoms with E-state index in [9.17, 15) is 4.79 Å². The van der Waals surface area contributed by atoms with Crippen LogP contribution >= 0.6 is 11.8 Å². The lowest BCUT2D eigenvalue weighted by molar-refractivity contribution is -0.118. The van der Waals surface area contributed by atoms with Crippen molar-refractivity contribution in [2.45, 2.75) is 43.6 Å². The number of aromatic nitrogens is 3. The first kappa shape index (κ1) is 22.0. The quantitative estimate of drug-likeness (QED) is 0.536. The van der Waals surface area contributed by atoms with Gasteiger partial charge in [0.25, 0.3) is 0 Å². The molecule has 0 spiro atoms. The molecule has 0 saturated carbocycles. The number of hydrogen-bond donors (Lipinski definition) is 0. The van der Waals surface area contributed by atoms with Crippen molar-refractivity contribution in [3.05, 3.63) is 59.7 Å². The van der Waals surface area contributed by atoms with Gasteiger partial charge in [0.05, 0.1) is 24.2 Å². The number of ether oxygens (including phenoxy) is 1. The van der Waals surface area contributed by atoms with Crippen molar-refractivity contribution >= 4 is 29.3 Å². The molecule has 172 valence electrons. The zero-order chi connectivity index (χ0) is 22.9. The monoisotopic (exact) mass is 463 g/mol. The number of benzene rings is 2. The third-order valence-corrected chi connectivity index (χ3v) is 7.31. The van der Waals surface area contributed by atoms with E-state index in [0.717, 1.165) is 42.0 Å². The topological polar surface area (TPSA) is 63.5 Å². The Labute approximate surface area is 198 Å². The minimum atomic E-state index is -0.301. The molecule has 1 saturated heterocycles. The summed E-state index contributed by atoms with van der Waals surface area (Å²) in [7, 11) is 0. The molecule has 7 nitrogen and oxygen atoms in total. The predicted molar refractivity (Wildman–Crippen MR) is 132 cm³/mol. The highest BCUT2D eigenvalue weighted by atomic mass is 32.2. The van der Waals surface area contributed by atoms with Gasteiger partial charge in [-0.15, -0.1) is 10.2 Å². The molecule has 33 heavy (non-hydrogen) atoms. The van der Waals surface area contributed by atoms with Gasteiger partial charge in [0.15, 0.2) is 5.16 Å². The molecule has 2 aromatic carbocycles. The molecule has 0 bridgehead atoms. The summed E-state index contributed by atoms with van der Waals surface area (Å²) in [5.74, 6) is 0.896. The Balaban J connectivity index is 1.45. The summed E-state index contributed by atoms with van der Waals surface area (Å²) in [4.78, 5) is 17.7. The zero-order valence-electron chi connectivity index (χ0n) is 19.3. The largest absolute Gasteiger partial charge is 0.378 e. The average Bonchev–Trinajstić information content (AvgIpc) is 3.40. The molecule has 3 heterocycles. The van der Waals surface area contributed by atoms with E-state index < -0.39 is 0 Å². The summed E-state index contributed by atoms with van der Waals surface area (Å²) in [6, 6.07) is 16.7. The fraction of sp³-hybridized carbons (Fsp3) is 0.400. The highest BCUT2D eigenvalue weighted by molar-refractivity contribution is 8.00. The lowest BCUT2D eigenvalue weighted by Gasteiger charge is -2.28. The molecule has 2 aliphatic heterocycles. The van der Waals surface area contributed by atoms with Crippen LogP contribution in [0.3, 0.4) is 0 Å². The van der Waals surface area contributed by atoms with Crippen molar-refractivity contribution in [3.8, 4) is 5.69 Å². The number of hydrogen-bond acceptors (Lipinski definition) is 6. The molecule has 0 aliphatic carbocycles. The van der Waals surface area contributed by atoms with E-state index >= 15 is 0 Å². The van der Waals surface area contributed by atoms with E-state index in [1.807, 2.05) is 30.0 Å². The van der Waals surface area contributed by atoms with E-state index in [1.54, 1.807) is 0 Å². The summed E-state index contributed by atoms with van der Waals surface area (Å²) in [6.45, 7) is 9.03. The molecule has 3 aromatic rings. The van der Waals surface area contributed by atoms with Crippen LogP contribution in [-0.2, 0) is 16.0 Å². The van der Waals surface area contributed by atoms with Gasteiger partial charge in [0.2, 0.25) is 11.9 Å². The van der Waals surface area contributed by atoms with Crippen molar-refractivity contribution in [1.82, 2.24) is 14.8 Å². The number of fused-ring (bicyclic) bond motifs is 1. The second kappa shape index (κ2) is 9.19. The molecule has 1 aromatic heterocycles. The van der Waals surface area contributed by atoms with E-state index in [4.69, 9.17) is 4.74 Å². The van der Waals surface area contributed by atoms with Crippen LogP contribution in [-0.4, -0.2) is 58.3 Å². The van der Waals surface area contributed by atoms with E-state index in [1.165, 1.54) is 22.9 Å². The summed E-state index contributed by atoms with van der Waals surface area (Å²) < 4.78 is 7.60. The van der Waals surface area contributed by atoms with Gasteiger partial charge in [-0.2, -0.15) is 0 Å². The first-order valence-corrected chi connectivity index (χ1v) is 12.3. The summed E-state index contributed by atoms with van der Waals surface area (Å²) in [6.07, 6.45) is 0.889. The molecule has 2 atom stereocenters. The van der Waals surface area contributed by atoms with Gasteiger partial charge >= 0.3 is 0 Å². The molecule has 2 aliphatic rings. The van der Waals surface area contributed by atoms with Gasteiger partial charge in [-0.25, -0.2) is 0 Å². The van der Waals surface area contributed by atoms with Gasteiger partial charge in [0, 0.05) is 24.8 Å². The summed E-state index contributed by atoms with van der Waals surface area (Å²) in [5, 5.41) is 9.48. The van der Waals surface area contributed by atoms with E-state index in [-0.39, 0.29) is 17.2 Å². The second-order valence-corrected chi connectivity index (χ2v) is 10.0. The fourth-order valence-electron chi connectivity index (χ4n) is 4.53. The lowest BCUT2D eigenvalue weighted by Crippen LogP contribution is -2.40. The predicted octanol–water partition coefficient (Wildman–Crippen LogP) is 3.87. The van der Waals surface area contributed by atoms with Crippen LogP contribution in [0, 0.1) is 6.92 Å². The maximum Gasteiger partial charge on any atom is 0.240 e. The molecule has 0 unspecified atom stereocenters. The van der Waals surface area contributed by atoms with Gasteiger partial charge < -0.3 is 14.5 Å². The molecular formula is C25H29N5O2S. The van der Waals surface area contributed by atoms with Crippen LogP contribution in [0.4, 0.5) is 11.6 Å². The lowest BCUT2D eigenvalue weighted by atomic mass is 10.1. The first-order chi connectivity index (χ1) is 16.0. The van der Waals surface area contributed by atoms with Gasteiger partial charge in [0.1, 0.15) is 0 Å². The first-order valence-electron chi connectivity index (χ1n) is 11.5. The maximum absolute atomic E-state index is 13.5. The highest BCUT2D eigenvalue weighted by Crippen LogP contribution is 2.36. The molecule has 0 N–H and O–H groups in total. The number of rotatable bonds is 5. The summed E-state index contributed by atoms with van der Waals surface area (Å²) >= 11 is 1.47. The van der Waals surface area contributed by atoms with Gasteiger partial charge in [-0.05, 0) is 51.0 Å². The molecule has 5 rings (SSSR count). The van der Waals surface area contributed by atoms with Gasteiger partial charge in [-0.1, -0.05) is 47.7 Å². The number of nitrogens with zero attached hydrogens (tertiary/aromatic N) is 5. The van der Waals surface area contributed by atoms with E-state index in [2.05, 4.69) is 63.8 Å². The third kappa shape index (κ3) is 4.25. The number of thioether (sulfide) groups is 1. The Kier molecular flexibility index (Phi) is 6.12. The van der Waals surface area contributed by atoms with Crippen LogP contribution in [0.25, 0.3) is 5.69 Å². The van der Waals surface area contributed by atoms with Crippen molar-refractivity contribution in [1.29, 1.82) is 0 Å². The van der Waals surface area contributed by atoms with Crippen LogP contribution < -0.4 is 9.80 Å². The van der Waals surface area contributed by atoms with Crippen LogP contribution in [0.5, 0.6) is 0 Å². The Bertz CT molecular complexity index is 1140. The molecular weight excluding hydrogens is 434 g/mol.